The van der Waals surface area contributed by atoms with Crippen LogP contribution in [0.5, 0.6) is 5.75 Å². The quantitative estimate of drug-likeness (QED) is 0.459. The number of hydrogen-bond acceptors (Lipinski definition) is 4. The third-order valence-corrected chi connectivity index (χ3v) is 1.30. The van der Waals surface area contributed by atoms with Crippen LogP contribution in [0.3, 0.4) is 0 Å². The Bertz CT molecular complexity index is 364. The fourth-order valence-corrected chi connectivity index (χ4v) is 0.781. The molecule has 0 aliphatic carbocycles. The van der Waals surface area contributed by atoms with E-state index in [1.807, 2.05) is 0 Å². The zero-order valence-electron chi connectivity index (χ0n) is 9.54. The maximum absolute atomic E-state index is 10.9. The smallest absolute Gasteiger partial charge is 1.00 e. The Morgan fingerprint density at radius 1 is 1.27 bits per heavy atom. The number of carbonyl (C=O) groups excluding carboxylic acids is 1. The number of esters is 1. The van der Waals surface area contributed by atoms with Gasteiger partial charge in [-0.15, -0.1) is 0 Å². The molecule has 0 saturated carbocycles. The van der Waals surface area contributed by atoms with Gasteiger partial charge in [-0.05, 0) is 12.1 Å². The Balaban J connectivity index is -0.000000211. The first-order valence-electron chi connectivity index (χ1n) is 3.34. The van der Waals surface area contributed by atoms with Gasteiger partial charge < -0.3 is 17.8 Å². The number of carbonyl (C=O) groups is 2. The summed E-state index contributed by atoms with van der Waals surface area (Å²) < 4.78 is 3.83. The van der Waals surface area contributed by atoms with Crippen molar-refractivity contribution in [2.24, 2.45) is 0 Å². The van der Waals surface area contributed by atoms with E-state index in [4.69, 9.17) is 10.2 Å². The average Bonchev–Trinajstić information content (AvgIpc) is 2.03. The van der Waals surface area contributed by atoms with E-state index in [1.54, 1.807) is 0 Å². The van der Waals surface area contributed by atoms with E-state index in [0.29, 0.717) is 0 Å². The van der Waals surface area contributed by atoms with Crippen LogP contribution in [0.2, 0.25) is 0 Å². The van der Waals surface area contributed by atoms with E-state index in [2.05, 4.69) is 4.74 Å². The SMILES string of the molecule is O=C(O)OC(=O)c1ccccc1O.[Ca+2].[H-].[H-].[Mo]. The van der Waals surface area contributed by atoms with Gasteiger partial charge in [-0.25, -0.2) is 9.59 Å². The second-order valence-corrected chi connectivity index (χ2v) is 2.17. The van der Waals surface area contributed by atoms with Crippen molar-refractivity contribution in [3.05, 3.63) is 29.8 Å². The molecule has 0 aliphatic rings. The molecule has 0 saturated heterocycles. The second-order valence-electron chi connectivity index (χ2n) is 2.17. The molecule has 15 heavy (non-hydrogen) atoms. The van der Waals surface area contributed by atoms with Gasteiger partial charge in [0, 0.05) is 21.1 Å². The minimum atomic E-state index is -1.70. The number of benzene rings is 1. The molecule has 1 aromatic rings. The molecule has 5 nitrogen and oxygen atoms in total. The fourth-order valence-electron chi connectivity index (χ4n) is 0.781. The van der Waals surface area contributed by atoms with E-state index in [-0.39, 0.29) is 73.0 Å². The van der Waals surface area contributed by atoms with Crippen LogP contribution in [0.15, 0.2) is 24.3 Å². The largest absolute Gasteiger partial charge is 2.00 e. The molecule has 0 bridgehead atoms. The third kappa shape index (κ3) is 5.52. The molecular weight excluding hydrogens is 312 g/mol. The minimum absolute atomic E-state index is 0. The van der Waals surface area contributed by atoms with E-state index in [9.17, 15) is 9.59 Å². The normalized spacial score (nSPS) is 8.00. The van der Waals surface area contributed by atoms with Crippen LogP contribution in [0.4, 0.5) is 4.79 Å². The summed E-state index contributed by atoms with van der Waals surface area (Å²) >= 11 is 0. The van der Waals surface area contributed by atoms with Gasteiger partial charge >= 0.3 is 49.9 Å². The van der Waals surface area contributed by atoms with Crippen LogP contribution in [0, 0.1) is 0 Å². The second kappa shape index (κ2) is 8.11. The van der Waals surface area contributed by atoms with Gasteiger partial charge in [0.15, 0.2) is 0 Å². The van der Waals surface area contributed by atoms with Crippen molar-refractivity contribution in [2.45, 2.75) is 0 Å². The number of hydrogen-bond donors (Lipinski definition) is 2. The molecule has 0 unspecified atom stereocenters. The molecule has 7 heteroatoms. The molecule has 0 fully saturated rings. The first-order valence-corrected chi connectivity index (χ1v) is 3.34. The zero-order valence-corrected chi connectivity index (χ0v) is 11.8. The standard InChI is InChI=1S/C8H6O5.Ca.Mo.2H/c9-6-4-2-1-3-5(6)7(10)13-8(11)12;;;;/h1-4,9H,(H,11,12);;;;/q;+2;;2*-1. The van der Waals surface area contributed by atoms with Crippen molar-refractivity contribution >= 4 is 49.9 Å². The summed E-state index contributed by atoms with van der Waals surface area (Å²) in [5, 5.41) is 17.2. The van der Waals surface area contributed by atoms with Crippen molar-refractivity contribution in [3.8, 4) is 5.75 Å². The topological polar surface area (TPSA) is 83.8 Å². The van der Waals surface area contributed by atoms with Crippen LogP contribution in [0.1, 0.15) is 13.2 Å². The van der Waals surface area contributed by atoms with Gasteiger partial charge in [-0.3, -0.25) is 0 Å². The number of carboxylic acid groups (broad SMARTS) is 1. The Kier molecular flexibility index (Phi) is 9.35. The van der Waals surface area contributed by atoms with Gasteiger partial charge in [0.05, 0.1) is 0 Å². The van der Waals surface area contributed by atoms with Gasteiger partial charge in [0.25, 0.3) is 0 Å². The van der Waals surface area contributed by atoms with Crippen molar-refractivity contribution in [1.29, 1.82) is 0 Å². The van der Waals surface area contributed by atoms with Crippen LogP contribution >= 0.6 is 0 Å². The predicted octanol–water partition coefficient (Wildman–Crippen LogP) is 1.07. The van der Waals surface area contributed by atoms with Crippen LogP contribution in [-0.4, -0.2) is 60.1 Å². The zero-order chi connectivity index (χ0) is 9.84. The van der Waals surface area contributed by atoms with Crippen molar-refractivity contribution in [3.63, 3.8) is 0 Å². The molecule has 0 atom stereocenters. The Morgan fingerprint density at radius 2 is 1.80 bits per heavy atom. The van der Waals surface area contributed by atoms with Crippen LogP contribution in [0.25, 0.3) is 0 Å². The van der Waals surface area contributed by atoms with Crippen molar-refractivity contribution < 1.29 is 48.5 Å². The molecule has 1 rings (SSSR count). The van der Waals surface area contributed by atoms with Crippen molar-refractivity contribution in [1.82, 2.24) is 0 Å². The number of phenolic OH excluding ortho intramolecular Hbond substituents is 1. The van der Waals surface area contributed by atoms with E-state index in [1.165, 1.54) is 24.3 Å². The first kappa shape index (κ1) is 17.3. The minimum Gasteiger partial charge on any atom is -1.00 e. The number of aromatic hydroxyl groups is 1. The summed E-state index contributed by atoms with van der Waals surface area (Å²) in [5.74, 6) is -1.40. The van der Waals surface area contributed by atoms with Gasteiger partial charge in [0.2, 0.25) is 0 Å². The molecule has 0 radical (unpaired) electrons. The van der Waals surface area contributed by atoms with Gasteiger partial charge in [-0.1, -0.05) is 12.1 Å². The third-order valence-electron chi connectivity index (χ3n) is 1.30. The molecule has 1 aromatic carbocycles. The fraction of sp³-hybridized carbons (Fsp3) is 0. The Labute approximate surface area is 133 Å². The van der Waals surface area contributed by atoms with Gasteiger partial charge in [-0.2, -0.15) is 0 Å². The number of para-hydroxylation sites is 1. The first-order chi connectivity index (χ1) is 6.11. The van der Waals surface area contributed by atoms with E-state index < -0.39 is 12.1 Å². The monoisotopic (exact) mass is 322 g/mol. The maximum atomic E-state index is 10.9. The molecule has 0 aromatic heterocycles. The predicted molar refractivity (Wildman–Crippen MR) is 49.5 cm³/mol. The molecule has 2 N–H and O–H groups in total. The molecule has 78 valence electrons. The summed E-state index contributed by atoms with van der Waals surface area (Å²) in [5.41, 5.74) is -0.176. The molecule has 0 heterocycles. The van der Waals surface area contributed by atoms with Gasteiger partial charge in [0.1, 0.15) is 11.3 Å². The molecular formula is C8H8CaMoO5. The Hall–Kier alpha value is -0.0919. The summed E-state index contributed by atoms with van der Waals surface area (Å²) in [7, 11) is 0. The molecule has 0 spiro atoms. The summed E-state index contributed by atoms with van der Waals surface area (Å²) in [6, 6.07) is 5.52. The van der Waals surface area contributed by atoms with E-state index in [0.717, 1.165) is 0 Å². The van der Waals surface area contributed by atoms with Crippen LogP contribution < -0.4 is 0 Å². The molecule has 0 aliphatic heterocycles. The number of ether oxygens (including phenoxy) is 1. The van der Waals surface area contributed by atoms with E-state index >= 15 is 0 Å². The summed E-state index contributed by atoms with van der Waals surface area (Å²) in [6.45, 7) is 0. The van der Waals surface area contributed by atoms with Crippen LogP contribution in [-0.2, 0) is 25.8 Å². The maximum Gasteiger partial charge on any atom is 2.00 e. The Morgan fingerprint density at radius 3 is 2.27 bits per heavy atom. The van der Waals surface area contributed by atoms with Crippen molar-refractivity contribution in [2.75, 3.05) is 0 Å². The number of phenols is 1. The summed E-state index contributed by atoms with van der Waals surface area (Å²) in [4.78, 5) is 20.9. The summed E-state index contributed by atoms with van der Waals surface area (Å²) in [6.07, 6.45) is -1.70. The number of rotatable bonds is 1. The molecule has 0 amide bonds. The average molecular weight is 320 g/mol.